The summed E-state index contributed by atoms with van der Waals surface area (Å²) >= 11 is -3.07. The van der Waals surface area contributed by atoms with Gasteiger partial charge < -0.3 is 0 Å². The maximum atomic E-state index is 4.61. The van der Waals surface area contributed by atoms with Crippen LogP contribution in [0, 0.1) is 0 Å². The van der Waals surface area contributed by atoms with E-state index in [4.69, 9.17) is 0 Å². The molecule has 0 bridgehead atoms. The number of rotatable bonds is 6. The fourth-order valence-electron chi connectivity index (χ4n) is 2.93. The molecule has 5 heteroatoms. The number of hydrogen-bond acceptors (Lipinski definition) is 4. The van der Waals surface area contributed by atoms with Gasteiger partial charge in [0.15, 0.2) is 0 Å². The summed E-state index contributed by atoms with van der Waals surface area (Å²) in [4.78, 5) is 11.6. The van der Waals surface area contributed by atoms with Gasteiger partial charge in [-0.3, -0.25) is 0 Å². The predicted molar refractivity (Wildman–Crippen MR) is 121 cm³/mol. The van der Waals surface area contributed by atoms with E-state index in [0.29, 0.717) is 0 Å². The summed E-state index contributed by atoms with van der Waals surface area (Å²) in [6.45, 7) is 8.39. The first kappa shape index (κ1) is 18.6. The summed E-state index contributed by atoms with van der Waals surface area (Å²) < 4.78 is 4.31. The van der Waals surface area contributed by atoms with Crippen LogP contribution < -0.4 is 0 Å². The Balaban J connectivity index is 1.77. The van der Waals surface area contributed by atoms with Crippen molar-refractivity contribution >= 4 is 55.3 Å². The zero-order chi connectivity index (χ0) is 18.7. The third-order valence-electron chi connectivity index (χ3n) is 4.30. The zero-order valence-electron chi connectivity index (χ0n) is 14.7. The topological polar surface area (TPSA) is 25.8 Å². The monoisotopic (exact) mass is 494 g/mol. The number of hydrogen-bond donors (Lipinski definition) is 0. The van der Waals surface area contributed by atoms with E-state index >= 15 is 0 Å². The van der Waals surface area contributed by atoms with Crippen LogP contribution in [-0.2, 0) is 0 Å². The van der Waals surface area contributed by atoms with E-state index in [1.54, 1.807) is 0 Å². The van der Waals surface area contributed by atoms with Gasteiger partial charge in [0.25, 0.3) is 0 Å². The molecule has 0 saturated heterocycles. The van der Waals surface area contributed by atoms with Gasteiger partial charge >= 0.3 is 169 Å². The molecule has 0 unspecified atom stereocenters. The van der Waals surface area contributed by atoms with Crippen LogP contribution in [-0.4, -0.2) is 25.6 Å². The predicted octanol–water partition coefficient (Wildman–Crippen LogP) is 6.56. The molecule has 0 atom stereocenters. The number of pyridine rings is 2. The summed E-state index contributed by atoms with van der Waals surface area (Å²) in [6, 6.07) is 20.9. The van der Waals surface area contributed by atoms with Crippen LogP contribution in [0.4, 0.5) is 0 Å². The van der Waals surface area contributed by atoms with E-state index in [2.05, 4.69) is 79.8 Å². The van der Waals surface area contributed by atoms with Crippen LogP contribution in [0.5, 0.6) is 0 Å². The molecule has 2 aromatic heterocycles. The molecule has 4 aromatic rings. The first-order valence-corrected chi connectivity index (χ1v) is 20.5. The fraction of sp³-hybridized carbons (Fsp3) is 0. The Labute approximate surface area is 168 Å². The van der Waals surface area contributed by atoms with Gasteiger partial charge in [-0.2, -0.15) is 0 Å². The third-order valence-corrected chi connectivity index (χ3v) is 26.3. The van der Waals surface area contributed by atoms with E-state index in [-0.39, 0.29) is 0 Å². The molecule has 0 spiro atoms. The molecular weight excluding hydrogens is 475 g/mol. The molecule has 2 heterocycles. The molecule has 0 N–H and O–H groups in total. The van der Waals surface area contributed by atoms with Crippen molar-refractivity contribution in [1.29, 1.82) is 0 Å². The Morgan fingerprint density at radius 1 is 0.667 bits per heavy atom. The Bertz CT molecular complexity index is 1040. The van der Waals surface area contributed by atoms with Gasteiger partial charge in [0.2, 0.25) is 0 Å². The first-order chi connectivity index (χ1) is 13.2. The number of fused-ring (bicyclic) bond motifs is 2. The summed E-state index contributed by atoms with van der Waals surface area (Å²) in [6.07, 6.45) is 3.71. The van der Waals surface area contributed by atoms with Gasteiger partial charge in [-0.05, 0) is 0 Å². The second-order valence-corrected chi connectivity index (χ2v) is 28.0. The van der Waals surface area contributed by atoms with Crippen molar-refractivity contribution in [3.8, 4) is 0 Å². The van der Waals surface area contributed by atoms with Crippen LogP contribution in [0.2, 0.25) is 0 Å². The maximum absolute atomic E-state index is 4.61. The Hall–Kier alpha value is -1.76. The number of para-hydroxylation sites is 2. The van der Waals surface area contributed by atoms with Crippen LogP contribution in [0.3, 0.4) is 0 Å². The molecule has 0 fully saturated rings. The molecule has 0 aliphatic rings. The van der Waals surface area contributed by atoms with E-state index in [0.717, 1.165) is 21.8 Å². The molecule has 0 amide bonds. The van der Waals surface area contributed by atoms with E-state index in [1.165, 1.54) is 9.79 Å². The van der Waals surface area contributed by atoms with Gasteiger partial charge in [0.1, 0.15) is 0 Å². The van der Waals surface area contributed by atoms with Crippen LogP contribution in [0.25, 0.3) is 21.8 Å². The van der Waals surface area contributed by atoms with Crippen molar-refractivity contribution in [3.05, 3.63) is 94.4 Å². The van der Waals surface area contributed by atoms with E-state index in [1.807, 2.05) is 42.4 Å². The van der Waals surface area contributed by atoms with Gasteiger partial charge in [-0.1, -0.05) is 0 Å². The van der Waals surface area contributed by atoms with Crippen molar-refractivity contribution in [2.45, 2.75) is 9.79 Å². The first-order valence-electron chi connectivity index (χ1n) is 8.57. The van der Waals surface area contributed by atoms with Crippen LogP contribution in [0.1, 0.15) is 0 Å². The minimum absolute atomic E-state index is 1.05. The van der Waals surface area contributed by atoms with Crippen LogP contribution in [0.15, 0.2) is 104 Å². The molecular formula is C22H18N2S2Sn. The Morgan fingerprint density at radius 3 is 1.56 bits per heavy atom. The number of aromatic nitrogens is 2. The average molecular weight is 493 g/mol. The van der Waals surface area contributed by atoms with Crippen molar-refractivity contribution in [3.63, 3.8) is 0 Å². The van der Waals surface area contributed by atoms with E-state index < -0.39 is 15.6 Å². The number of benzene rings is 2. The molecule has 0 saturated carbocycles. The second-order valence-electron chi connectivity index (χ2n) is 6.00. The fourth-order valence-corrected chi connectivity index (χ4v) is 21.7. The SMILES string of the molecule is C=[CH][Sn]([CH]=C)([S]c1cccc2cccnc12)[S]c1cccc2cccnc12. The summed E-state index contributed by atoms with van der Waals surface area (Å²) in [5.74, 6) is 0. The summed E-state index contributed by atoms with van der Waals surface area (Å²) in [5.41, 5.74) is 2.10. The van der Waals surface area contributed by atoms with Gasteiger partial charge in [0, 0.05) is 0 Å². The van der Waals surface area contributed by atoms with Gasteiger partial charge in [-0.25, -0.2) is 0 Å². The van der Waals surface area contributed by atoms with Gasteiger partial charge in [0.05, 0.1) is 0 Å². The molecule has 2 nitrogen and oxygen atoms in total. The normalized spacial score (nSPS) is 11.6. The third kappa shape index (κ3) is 3.79. The average Bonchev–Trinajstić information content (AvgIpc) is 2.74. The van der Waals surface area contributed by atoms with Crippen molar-refractivity contribution in [2.75, 3.05) is 0 Å². The second kappa shape index (κ2) is 8.08. The standard InChI is InChI=1S/2C9H7NS.2C2H3.Sn/c2*11-8-5-1-3-7-4-2-6-10-9(7)8;2*1-2;/h2*1-6,11H;2*1H,2H2;/q;;;;+2/p-2. The van der Waals surface area contributed by atoms with Gasteiger partial charge in [-0.15, -0.1) is 0 Å². The van der Waals surface area contributed by atoms with Crippen molar-refractivity contribution in [1.82, 2.24) is 9.97 Å². The minimum atomic E-state index is -3.07. The molecule has 4 rings (SSSR count). The molecule has 0 radical (unpaired) electrons. The Kier molecular flexibility index (Phi) is 5.57. The molecule has 27 heavy (non-hydrogen) atoms. The summed E-state index contributed by atoms with van der Waals surface area (Å²) in [5, 5.41) is 2.32. The number of nitrogens with zero attached hydrogens (tertiary/aromatic N) is 2. The summed E-state index contributed by atoms with van der Waals surface area (Å²) in [7, 11) is 3.83. The Morgan fingerprint density at radius 2 is 1.11 bits per heavy atom. The quantitative estimate of drug-likeness (QED) is 0.284. The molecule has 0 aliphatic heterocycles. The molecule has 2 aromatic carbocycles. The molecule has 0 aliphatic carbocycles. The van der Waals surface area contributed by atoms with Crippen molar-refractivity contribution in [2.24, 2.45) is 0 Å². The molecule has 132 valence electrons. The van der Waals surface area contributed by atoms with E-state index in [9.17, 15) is 0 Å². The van der Waals surface area contributed by atoms with Crippen molar-refractivity contribution < 1.29 is 0 Å². The zero-order valence-corrected chi connectivity index (χ0v) is 19.2. The van der Waals surface area contributed by atoms with Crippen LogP contribution >= 0.6 is 17.9 Å².